The summed E-state index contributed by atoms with van der Waals surface area (Å²) in [5.74, 6) is 5.48. The molecule has 0 saturated heterocycles. The average molecular weight is 205 g/mol. The van der Waals surface area contributed by atoms with Crippen molar-refractivity contribution < 1.29 is 4.79 Å². The highest BCUT2D eigenvalue weighted by molar-refractivity contribution is 8.13. The minimum Gasteiger partial charge on any atom is -0.336 e. The van der Waals surface area contributed by atoms with Gasteiger partial charge in [-0.2, -0.15) is 0 Å². The maximum absolute atomic E-state index is 11.3. The third-order valence-electron chi connectivity index (χ3n) is 1.45. The molecule has 2 nitrogen and oxygen atoms in total. The number of hydrogen-bond donors (Lipinski definition) is 1. The number of hydrogen-bond acceptors (Lipinski definition) is 2. The molecule has 14 heavy (non-hydrogen) atoms. The largest absolute Gasteiger partial charge is 0.336 e. The highest BCUT2D eigenvalue weighted by atomic mass is 32.2. The zero-order valence-corrected chi connectivity index (χ0v) is 8.73. The van der Waals surface area contributed by atoms with Gasteiger partial charge in [0.15, 0.2) is 0 Å². The summed E-state index contributed by atoms with van der Waals surface area (Å²) in [5, 5.41) is 2.61. The Morgan fingerprint density at radius 2 is 2.14 bits per heavy atom. The quantitative estimate of drug-likeness (QED) is 0.593. The van der Waals surface area contributed by atoms with Crippen LogP contribution >= 0.6 is 11.8 Å². The first-order valence-corrected chi connectivity index (χ1v) is 5.05. The van der Waals surface area contributed by atoms with Crippen LogP contribution in [0.5, 0.6) is 0 Å². The second kappa shape index (κ2) is 6.11. The van der Waals surface area contributed by atoms with Gasteiger partial charge in [0.05, 0.1) is 6.54 Å². The van der Waals surface area contributed by atoms with Crippen LogP contribution in [0.25, 0.3) is 0 Å². The van der Waals surface area contributed by atoms with Crippen LogP contribution < -0.4 is 5.32 Å². The summed E-state index contributed by atoms with van der Waals surface area (Å²) >= 11 is 1.18. The molecule has 0 fully saturated rings. The fourth-order valence-electron chi connectivity index (χ4n) is 0.836. The lowest BCUT2D eigenvalue weighted by Gasteiger charge is -1.99. The Bertz CT molecular complexity index is 351. The summed E-state index contributed by atoms with van der Waals surface area (Å²) in [5.41, 5.74) is 0. The summed E-state index contributed by atoms with van der Waals surface area (Å²) in [6, 6.07) is 9.53. The van der Waals surface area contributed by atoms with Gasteiger partial charge in [-0.3, -0.25) is 4.79 Å². The molecule has 3 heteroatoms. The summed E-state index contributed by atoms with van der Waals surface area (Å²) in [6.45, 7) is 2.16. The molecule has 0 aromatic heterocycles. The minimum atomic E-state index is -0.0704. The van der Waals surface area contributed by atoms with E-state index in [1.54, 1.807) is 6.92 Å². The first kappa shape index (κ1) is 10.7. The van der Waals surface area contributed by atoms with E-state index in [4.69, 9.17) is 0 Å². The van der Waals surface area contributed by atoms with Crippen molar-refractivity contribution in [3.63, 3.8) is 0 Å². The lowest BCUT2D eigenvalue weighted by atomic mass is 10.4. The molecule has 1 rings (SSSR count). The van der Waals surface area contributed by atoms with E-state index in [2.05, 4.69) is 17.2 Å². The van der Waals surface area contributed by atoms with Gasteiger partial charge in [0.1, 0.15) is 0 Å². The Kier molecular flexibility index (Phi) is 4.66. The topological polar surface area (TPSA) is 29.1 Å². The van der Waals surface area contributed by atoms with Crippen molar-refractivity contribution in [3.8, 4) is 11.8 Å². The lowest BCUT2D eigenvalue weighted by Crippen LogP contribution is -2.18. The molecule has 72 valence electrons. The fourth-order valence-corrected chi connectivity index (χ4v) is 1.49. The molecular formula is C11H11NOS. The molecular weight excluding hydrogens is 194 g/mol. The first-order valence-electron chi connectivity index (χ1n) is 4.23. The molecule has 0 atom stereocenters. The summed E-state index contributed by atoms with van der Waals surface area (Å²) in [4.78, 5) is 12.2. The van der Waals surface area contributed by atoms with Gasteiger partial charge < -0.3 is 5.32 Å². The number of rotatable bonds is 2. The van der Waals surface area contributed by atoms with Crippen molar-refractivity contribution in [1.82, 2.24) is 5.32 Å². The van der Waals surface area contributed by atoms with Gasteiger partial charge in [0.25, 0.3) is 5.24 Å². The van der Waals surface area contributed by atoms with E-state index in [0.29, 0.717) is 6.54 Å². The van der Waals surface area contributed by atoms with Crippen molar-refractivity contribution in [2.75, 3.05) is 6.54 Å². The molecule has 1 amide bonds. The van der Waals surface area contributed by atoms with Gasteiger partial charge in [0.2, 0.25) is 0 Å². The minimum absolute atomic E-state index is 0.0704. The van der Waals surface area contributed by atoms with Crippen LogP contribution in [0.1, 0.15) is 6.92 Å². The molecule has 1 aromatic rings. The summed E-state index contributed by atoms with van der Waals surface area (Å²) in [7, 11) is 0. The van der Waals surface area contributed by atoms with Crippen molar-refractivity contribution in [1.29, 1.82) is 0 Å². The zero-order valence-electron chi connectivity index (χ0n) is 7.91. The van der Waals surface area contributed by atoms with Crippen LogP contribution in [0.3, 0.4) is 0 Å². The third-order valence-corrected chi connectivity index (χ3v) is 2.29. The predicted octanol–water partition coefficient (Wildman–Crippen LogP) is 2.51. The number of carbonyl (C=O) groups is 1. The van der Waals surface area contributed by atoms with Gasteiger partial charge in [-0.1, -0.05) is 24.1 Å². The van der Waals surface area contributed by atoms with Gasteiger partial charge in [-0.25, -0.2) is 0 Å². The molecule has 0 aliphatic rings. The van der Waals surface area contributed by atoms with Crippen molar-refractivity contribution >= 4 is 17.0 Å². The Labute approximate surface area is 88.1 Å². The molecule has 0 spiro atoms. The van der Waals surface area contributed by atoms with Crippen LogP contribution in [0.15, 0.2) is 35.2 Å². The first-order chi connectivity index (χ1) is 6.83. The Morgan fingerprint density at radius 3 is 2.79 bits per heavy atom. The van der Waals surface area contributed by atoms with E-state index in [1.165, 1.54) is 11.8 Å². The summed E-state index contributed by atoms with van der Waals surface area (Å²) < 4.78 is 0. The normalized spacial score (nSPS) is 8.64. The zero-order chi connectivity index (χ0) is 10.2. The second-order valence-corrected chi connectivity index (χ2v) is 3.53. The number of thioether (sulfide) groups is 1. The molecule has 0 bridgehead atoms. The van der Waals surface area contributed by atoms with E-state index < -0.39 is 0 Å². The van der Waals surface area contributed by atoms with Gasteiger partial charge in [-0.15, -0.1) is 5.92 Å². The average Bonchev–Trinajstić information content (AvgIpc) is 2.20. The van der Waals surface area contributed by atoms with E-state index in [-0.39, 0.29) is 5.24 Å². The van der Waals surface area contributed by atoms with Crippen molar-refractivity contribution in [2.45, 2.75) is 11.8 Å². The van der Waals surface area contributed by atoms with E-state index >= 15 is 0 Å². The Hall–Kier alpha value is -1.40. The Morgan fingerprint density at radius 1 is 1.43 bits per heavy atom. The molecule has 0 saturated carbocycles. The lowest BCUT2D eigenvalue weighted by molar-refractivity contribution is 0.261. The highest BCUT2D eigenvalue weighted by Crippen LogP contribution is 2.16. The number of benzene rings is 1. The smallest absolute Gasteiger partial charge is 0.284 e. The molecule has 0 unspecified atom stereocenters. The van der Waals surface area contributed by atoms with Gasteiger partial charge in [-0.05, 0) is 30.8 Å². The standard InChI is InChI=1S/C11H11NOS/c1-2-3-9-12-11(13)14-10-7-5-4-6-8-10/h4-8H,9H2,1H3,(H,12,13). The molecule has 0 aliphatic heterocycles. The molecule has 0 heterocycles. The van der Waals surface area contributed by atoms with Crippen LogP contribution in [-0.2, 0) is 0 Å². The molecule has 0 aliphatic carbocycles. The van der Waals surface area contributed by atoms with E-state index in [1.807, 2.05) is 30.3 Å². The maximum atomic E-state index is 11.3. The molecule has 1 aromatic carbocycles. The Balaban J connectivity index is 2.37. The fraction of sp³-hybridized carbons (Fsp3) is 0.182. The molecule has 1 N–H and O–H groups in total. The number of amides is 1. The maximum Gasteiger partial charge on any atom is 0.284 e. The van der Waals surface area contributed by atoms with E-state index in [9.17, 15) is 4.79 Å². The van der Waals surface area contributed by atoms with Gasteiger partial charge >= 0.3 is 0 Å². The predicted molar refractivity (Wildman–Crippen MR) is 59.1 cm³/mol. The second-order valence-electron chi connectivity index (χ2n) is 2.48. The third kappa shape index (κ3) is 4.01. The van der Waals surface area contributed by atoms with Crippen molar-refractivity contribution in [2.24, 2.45) is 0 Å². The number of carbonyl (C=O) groups excluding carboxylic acids is 1. The van der Waals surface area contributed by atoms with Gasteiger partial charge in [0, 0.05) is 4.90 Å². The van der Waals surface area contributed by atoms with E-state index in [0.717, 1.165) is 4.90 Å². The van der Waals surface area contributed by atoms with Crippen LogP contribution in [0, 0.1) is 11.8 Å². The molecule has 0 radical (unpaired) electrons. The highest BCUT2D eigenvalue weighted by Gasteiger charge is 2.00. The number of nitrogens with one attached hydrogen (secondary N) is 1. The monoisotopic (exact) mass is 205 g/mol. The SMILES string of the molecule is CC#CCNC(=O)Sc1ccccc1. The van der Waals surface area contributed by atoms with Crippen LogP contribution in [-0.4, -0.2) is 11.8 Å². The summed E-state index contributed by atoms with van der Waals surface area (Å²) in [6.07, 6.45) is 0. The van der Waals surface area contributed by atoms with Crippen molar-refractivity contribution in [3.05, 3.63) is 30.3 Å². The van der Waals surface area contributed by atoms with Crippen LogP contribution in [0.2, 0.25) is 0 Å². The van der Waals surface area contributed by atoms with Crippen LogP contribution in [0.4, 0.5) is 4.79 Å².